The predicted octanol–water partition coefficient (Wildman–Crippen LogP) is 5.93. The molecule has 0 saturated carbocycles. The van der Waals surface area contributed by atoms with Gasteiger partial charge in [0.1, 0.15) is 5.82 Å². The number of carbonyl (C=O) groups excluding carboxylic acids is 1. The first-order valence-corrected chi connectivity index (χ1v) is 12.5. The molecule has 7 nitrogen and oxygen atoms in total. The molecule has 3 N–H and O–H groups in total. The molecule has 0 radical (unpaired) electrons. The van der Waals surface area contributed by atoms with Crippen LogP contribution in [0.3, 0.4) is 0 Å². The van der Waals surface area contributed by atoms with Crippen molar-refractivity contribution in [2.24, 2.45) is 0 Å². The molecule has 0 aliphatic carbocycles. The van der Waals surface area contributed by atoms with E-state index >= 15 is 0 Å². The lowest BCUT2D eigenvalue weighted by Gasteiger charge is -2.18. The van der Waals surface area contributed by atoms with Gasteiger partial charge in [0.15, 0.2) is 17.3 Å². The van der Waals surface area contributed by atoms with Gasteiger partial charge in [-0.25, -0.2) is 9.37 Å². The number of likely N-dealkylation sites (N-methyl/N-ethyl adjacent to an activating group) is 1. The number of phenols is 1. The van der Waals surface area contributed by atoms with Crippen molar-refractivity contribution in [1.82, 2.24) is 15.3 Å². The lowest BCUT2D eigenvalue weighted by Crippen LogP contribution is -2.29. The van der Waals surface area contributed by atoms with Crippen molar-refractivity contribution in [3.05, 3.63) is 71.3 Å². The van der Waals surface area contributed by atoms with E-state index in [2.05, 4.69) is 25.5 Å². The molecule has 3 heterocycles. The van der Waals surface area contributed by atoms with Gasteiger partial charge in [-0.2, -0.15) is 0 Å². The number of rotatable bonds is 7. The molecule has 0 amide bonds. The summed E-state index contributed by atoms with van der Waals surface area (Å²) >= 11 is 6.01. The van der Waals surface area contributed by atoms with Gasteiger partial charge in [-0.3, -0.25) is 9.78 Å². The van der Waals surface area contributed by atoms with E-state index < -0.39 is 11.6 Å². The van der Waals surface area contributed by atoms with E-state index in [0.717, 1.165) is 31.0 Å². The molecule has 0 bridgehead atoms. The van der Waals surface area contributed by atoms with Crippen molar-refractivity contribution >= 4 is 45.5 Å². The minimum atomic E-state index is -0.806. The topological polar surface area (TPSA) is 90.4 Å². The number of carbonyl (C=O) groups is 1. The van der Waals surface area contributed by atoms with Crippen LogP contribution < -0.4 is 15.5 Å². The second kappa shape index (κ2) is 10.3. The Kier molecular flexibility index (Phi) is 6.95. The third kappa shape index (κ3) is 4.95. The van der Waals surface area contributed by atoms with Crippen LogP contribution in [0.4, 0.5) is 21.6 Å². The molecular weight excluding hydrogens is 493 g/mol. The van der Waals surface area contributed by atoms with Crippen molar-refractivity contribution < 1.29 is 14.3 Å². The highest BCUT2D eigenvalue weighted by atomic mass is 35.5. The number of Topliss-reactive ketones (excluding diaryl/α,β-unsaturated/α-hetero) is 1. The molecule has 9 heteroatoms. The van der Waals surface area contributed by atoms with Gasteiger partial charge in [0.2, 0.25) is 0 Å². The maximum Gasteiger partial charge on any atom is 0.170 e. The van der Waals surface area contributed by atoms with E-state index in [1.807, 2.05) is 31.3 Å². The van der Waals surface area contributed by atoms with Gasteiger partial charge < -0.3 is 20.6 Å². The molecular formula is C28H27ClFN5O2. The van der Waals surface area contributed by atoms with E-state index in [1.54, 1.807) is 25.4 Å². The molecule has 2 aromatic heterocycles. The number of nitrogens with one attached hydrogen (secondary N) is 2. The highest BCUT2D eigenvalue weighted by Crippen LogP contribution is 2.36. The number of hydrogen-bond acceptors (Lipinski definition) is 7. The summed E-state index contributed by atoms with van der Waals surface area (Å²) in [5, 5.41) is 17.0. The van der Waals surface area contributed by atoms with E-state index in [1.165, 1.54) is 12.1 Å². The quantitative estimate of drug-likeness (QED) is 0.261. The molecule has 1 atom stereocenters. The van der Waals surface area contributed by atoms with Crippen LogP contribution in [0.15, 0.2) is 54.9 Å². The minimum Gasteiger partial charge on any atom is -0.504 e. The highest BCUT2D eigenvalue weighted by Gasteiger charge is 2.22. The smallest absolute Gasteiger partial charge is 0.170 e. The van der Waals surface area contributed by atoms with Gasteiger partial charge in [-0.05, 0) is 61.0 Å². The number of hydrogen-bond donors (Lipinski definition) is 3. The van der Waals surface area contributed by atoms with Crippen molar-refractivity contribution in [2.45, 2.75) is 25.8 Å². The maximum absolute atomic E-state index is 14.2. The fourth-order valence-electron chi connectivity index (χ4n) is 4.64. The first kappa shape index (κ1) is 24.9. The van der Waals surface area contributed by atoms with Crippen LogP contribution in [-0.4, -0.2) is 47.0 Å². The van der Waals surface area contributed by atoms with Gasteiger partial charge in [0.25, 0.3) is 0 Å². The number of fused-ring (bicyclic) bond motifs is 1. The van der Waals surface area contributed by atoms with Gasteiger partial charge in [0, 0.05) is 37.1 Å². The third-order valence-corrected chi connectivity index (χ3v) is 7.07. The third-order valence-electron chi connectivity index (χ3n) is 6.78. The Labute approximate surface area is 219 Å². The molecule has 1 aliphatic rings. The number of benzene rings is 2. The van der Waals surface area contributed by atoms with Crippen LogP contribution in [-0.2, 0) is 0 Å². The number of aromatic nitrogens is 2. The normalized spacial score (nSPS) is 15.4. The lowest BCUT2D eigenvalue weighted by molar-refractivity contribution is 0.0988. The highest BCUT2D eigenvalue weighted by molar-refractivity contribution is 6.32. The molecule has 1 saturated heterocycles. The Morgan fingerprint density at radius 1 is 1.16 bits per heavy atom. The molecule has 2 aromatic carbocycles. The molecule has 190 valence electrons. The predicted molar refractivity (Wildman–Crippen MR) is 146 cm³/mol. The van der Waals surface area contributed by atoms with Gasteiger partial charge in [-0.1, -0.05) is 24.6 Å². The minimum absolute atomic E-state index is 0.0548. The Morgan fingerprint density at radius 3 is 2.68 bits per heavy atom. The van der Waals surface area contributed by atoms with Crippen LogP contribution in [0.25, 0.3) is 22.0 Å². The molecule has 1 aliphatic heterocycles. The van der Waals surface area contributed by atoms with Crippen molar-refractivity contribution in [1.29, 1.82) is 0 Å². The Bertz CT molecular complexity index is 1450. The summed E-state index contributed by atoms with van der Waals surface area (Å²) in [5.74, 6) is -0.543. The van der Waals surface area contributed by atoms with Crippen molar-refractivity contribution in [2.75, 3.05) is 30.4 Å². The van der Waals surface area contributed by atoms with Crippen LogP contribution in [0.1, 0.15) is 30.1 Å². The van der Waals surface area contributed by atoms with Crippen LogP contribution in [0.2, 0.25) is 5.02 Å². The fourth-order valence-corrected chi connectivity index (χ4v) is 4.84. The Hall–Kier alpha value is -3.75. The zero-order valence-electron chi connectivity index (χ0n) is 20.6. The largest absolute Gasteiger partial charge is 0.504 e. The molecule has 37 heavy (non-hydrogen) atoms. The SMILES string of the molecule is CCC(=O)c1cnc2ccc(-c3cc(F)c(O)c(Cl)c3)cc2c1Nc1ccc(N2CCC(NC)C2)nc1. The molecule has 4 aromatic rings. The van der Waals surface area contributed by atoms with Crippen molar-refractivity contribution in [3.8, 4) is 16.9 Å². The first-order valence-electron chi connectivity index (χ1n) is 12.2. The second-order valence-electron chi connectivity index (χ2n) is 9.09. The van der Waals surface area contributed by atoms with Crippen LogP contribution in [0.5, 0.6) is 5.75 Å². The summed E-state index contributed by atoms with van der Waals surface area (Å²) < 4.78 is 14.2. The van der Waals surface area contributed by atoms with Crippen LogP contribution >= 0.6 is 11.6 Å². The number of nitrogens with zero attached hydrogens (tertiary/aromatic N) is 3. The van der Waals surface area contributed by atoms with Crippen molar-refractivity contribution in [3.63, 3.8) is 0 Å². The zero-order chi connectivity index (χ0) is 26.1. The number of halogens is 2. The standard InChI is InChI=1S/C28H27ClFN5O2/c1-3-25(36)21-14-32-24-6-4-16(17-11-22(29)28(37)23(30)12-17)10-20(24)27(21)34-18-5-7-26(33-13-18)35-9-8-19(15-35)31-2/h4-7,10-14,19,31,37H,3,8-9,15H2,1-2H3,(H,32,34). The number of pyridine rings is 2. The molecule has 5 rings (SSSR count). The average Bonchev–Trinajstić information content (AvgIpc) is 3.41. The summed E-state index contributed by atoms with van der Waals surface area (Å²) in [6.45, 7) is 3.66. The van der Waals surface area contributed by atoms with E-state index in [4.69, 9.17) is 11.6 Å². The molecule has 0 spiro atoms. The Balaban J connectivity index is 1.55. The number of ketones is 1. The zero-order valence-corrected chi connectivity index (χ0v) is 21.3. The average molecular weight is 520 g/mol. The summed E-state index contributed by atoms with van der Waals surface area (Å²) in [7, 11) is 1.97. The number of aromatic hydroxyl groups is 1. The Morgan fingerprint density at radius 2 is 2.00 bits per heavy atom. The molecule has 1 unspecified atom stereocenters. The van der Waals surface area contributed by atoms with E-state index in [9.17, 15) is 14.3 Å². The van der Waals surface area contributed by atoms with E-state index in [-0.39, 0.29) is 10.8 Å². The second-order valence-corrected chi connectivity index (χ2v) is 9.50. The lowest BCUT2D eigenvalue weighted by atomic mass is 9.99. The summed E-state index contributed by atoms with van der Waals surface area (Å²) in [6, 6.07) is 12.5. The van der Waals surface area contributed by atoms with E-state index in [0.29, 0.717) is 45.7 Å². The molecule has 1 fully saturated rings. The van der Waals surface area contributed by atoms with Gasteiger partial charge in [0.05, 0.1) is 33.7 Å². The fraction of sp³-hybridized carbons (Fsp3) is 0.250. The van der Waals surface area contributed by atoms with Gasteiger partial charge in [-0.15, -0.1) is 0 Å². The monoisotopic (exact) mass is 519 g/mol. The number of anilines is 3. The van der Waals surface area contributed by atoms with Gasteiger partial charge >= 0.3 is 0 Å². The summed E-state index contributed by atoms with van der Waals surface area (Å²) in [4.78, 5) is 24.2. The summed E-state index contributed by atoms with van der Waals surface area (Å²) in [6.07, 6.45) is 4.73. The first-order chi connectivity index (χ1) is 17.9. The number of phenolic OH excluding ortho intramolecular Hbond substituents is 1. The van der Waals surface area contributed by atoms with Crippen LogP contribution in [0, 0.1) is 5.82 Å². The summed E-state index contributed by atoms with van der Waals surface area (Å²) in [5.41, 5.74) is 3.63. The maximum atomic E-state index is 14.2.